The molecule has 1 aromatic rings. The summed E-state index contributed by atoms with van der Waals surface area (Å²) < 4.78 is 26.1. The second-order valence-corrected chi connectivity index (χ2v) is 7.21. The minimum atomic E-state index is -3.42. The van der Waals surface area contributed by atoms with Crippen LogP contribution < -0.4 is 5.32 Å². The maximum atomic E-state index is 12.3. The van der Waals surface area contributed by atoms with Crippen LogP contribution in [0.1, 0.15) is 12.5 Å². The van der Waals surface area contributed by atoms with E-state index in [1.807, 2.05) is 42.2 Å². The van der Waals surface area contributed by atoms with Crippen LogP contribution in [-0.4, -0.2) is 62.8 Å². The van der Waals surface area contributed by atoms with Crippen LogP contribution in [0.25, 0.3) is 6.08 Å². The van der Waals surface area contributed by atoms with Gasteiger partial charge in [0.05, 0.1) is 6.54 Å². The Hall–Kier alpha value is -1.70. The molecule has 0 unspecified atom stereocenters. The minimum Gasteiger partial charge on any atom is -0.355 e. The molecule has 0 radical (unpaired) electrons. The van der Waals surface area contributed by atoms with E-state index >= 15 is 0 Å². The molecule has 1 aliphatic rings. The summed E-state index contributed by atoms with van der Waals surface area (Å²) in [6.45, 7) is 4.74. The van der Waals surface area contributed by atoms with Crippen molar-refractivity contribution in [2.24, 2.45) is 0 Å². The Labute approximate surface area is 137 Å². The molecular formula is C16H23N3O3S. The number of benzene rings is 1. The van der Waals surface area contributed by atoms with E-state index in [0.717, 1.165) is 5.56 Å². The van der Waals surface area contributed by atoms with Crippen LogP contribution in [0.5, 0.6) is 0 Å². The molecule has 6 nitrogen and oxygen atoms in total. The Morgan fingerprint density at radius 2 is 1.83 bits per heavy atom. The lowest BCUT2D eigenvalue weighted by Gasteiger charge is -2.32. The van der Waals surface area contributed by atoms with Crippen LogP contribution in [0.4, 0.5) is 0 Å². The fourth-order valence-corrected chi connectivity index (χ4v) is 3.59. The molecule has 1 N–H and O–H groups in total. The van der Waals surface area contributed by atoms with E-state index < -0.39 is 10.0 Å². The smallest absolute Gasteiger partial charge is 0.236 e. The molecule has 1 saturated heterocycles. The Morgan fingerprint density at radius 1 is 1.17 bits per heavy atom. The van der Waals surface area contributed by atoms with Gasteiger partial charge in [-0.15, -0.1) is 0 Å². The van der Waals surface area contributed by atoms with E-state index in [-0.39, 0.29) is 5.91 Å². The summed E-state index contributed by atoms with van der Waals surface area (Å²) in [7, 11) is -3.42. The molecule has 1 aromatic carbocycles. The van der Waals surface area contributed by atoms with Gasteiger partial charge in [-0.2, -0.15) is 4.31 Å². The molecule has 126 valence electrons. The largest absolute Gasteiger partial charge is 0.355 e. The molecule has 0 aromatic heterocycles. The van der Waals surface area contributed by atoms with E-state index in [2.05, 4.69) is 5.32 Å². The minimum absolute atomic E-state index is 0.0206. The zero-order valence-corrected chi connectivity index (χ0v) is 14.1. The topological polar surface area (TPSA) is 69.7 Å². The predicted molar refractivity (Wildman–Crippen MR) is 91.1 cm³/mol. The molecule has 0 aliphatic carbocycles. The highest BCUT2D eigenvalue weighted by atomic mass is 32.2. The van der Waals surface area contributed by atoms with Gasteiger partial charge < -0.3 is 5.32 Å². The van der Waals surface area contributed by atoms with E-state index in [0.29, 0.717) is 39.3 Å². The zero-order chi connectivity index (χ0) is 16.7. The Kier molecular flexibility index (Phi) is 6.32. The average Bonchev–Trinajstić information content (AvgIpc) is 2.55. The van der Waals surface area contributed by atoms with Crippen LogP contribution in [0.15, 0.2) is 35.7 Å². The number of piperazine rings is 1. The zero-order valence-electron chi connectivity index (χ0n) is 13.3. The first-order valence-corrected chi connectivity index (χ1v) is 9.24. The lowest BCUT2D eigenvalue weighted by atomic mass is 10.2. The first-order chi connectivity index (χ1) is 11.0. The molecule has 1 amide bonds. The van der Waals surface area contributed by atoms with E-state index in [1.165, 1.54) is 9.71 Å². The summed E-state index contributed by atoms with van der Waals surface area (Å²) in [5, 5.41) is 4.00. The van der Waals surface area contributed by atoms with Gasteiger partial charge in [-0.25, -0.2) is 8.42 Å². The summed E-state index contributed by atoms with van der Waals surface area (Å²) in [4.78, 5) is 13.5. The molecule has 1 fully saturated rings. The number of hydrogen-bond acceptors (Lipinski definition) is 4. The molecule has 1 aliphatic heterocycles. The number of rotatable bonds is 6. The molecule has 7 heteroatoms. The van der Waals surface area contributed by atoms with Gasteiger partial charge in [0.15, 0.2) is 0 Å². The van der Waals surface area contributed by atoms with Crippen LogP contribution in [0.3, 0.4) is 0 Å². The van der Waals surface area contributed by atoms with Gasteiger partial charge in [0.2, 0.25) is 15.9 Å². The van der Waals surface area contributed by atoms with Crippen molar-refractivity contribution in [3.8, 4) is 0 Å². The lowest BCUT2D eigenvalue weighted by molar-refractivity contribution is -0.122. The third-order valence-electron chi connectivity index (χ3n) is 3.66. The standard InChI is InChI=1S/C16H23N3O3S/c1-2-17-16(20)14-18-9-11-19(12-10-18)23(21,22)13-8-15-6-4-3-5-7-15/h3-8,13H,2,9-12,14H2,1H3,(H,17,20)/b13-8+. The van der Waals surface area contributed by atoms with Crippen molar-refractivity contribution in [3.63, 3.8) is 0 Å². The van der Waals surface area contributed by atoms with Gasteiger partial charge in [0.25, 0.3) is 0 Å². The van der Waals surface area contributed by atoms with Gasteiger partial charge >= 0.3 is 0 Å². The number of nitrogens with one attached hydrogen (secondary N) is 1. The quantitative estimate of drug-likeness (QED) is 0.831. The monoisotopic (exact) mass is 337 g/mol. The van der Waals surface area contributed by atoms with Crippen LogP contribution >= 0.6 is 0 Å². The van der Waals surface area contributed by atoms with Crippen molar-refractivity contribution in [2.75, 3.05) is 39.3 Å². The Morgan fingerprint density at radius 3 is 2.43 bits per heavy atom. The molecule has 0 atom stereocenters. The van der Waals surface area contributed by atoms with E-state index in [9.17, 15) is 13.2 Å². The van der Waals surface area contributed by atoms with Gasteiger partial charge in [0.1, 0.15) is 0 Å². The number of carbonyl (C=O) groups excluding carboxylic acids is 1. The van der Waals surface area contributed by atoms with Gasteiger partial charge in [-0.3, -0.25) is 9.69 Å². The van der Waals surface area contributed by atoms with E-state index in [4.69, 9.17) is 0 Å². The first kappa shape index (κ1) is 17.7. The highest BCUT2D eigenvalue weighted by Gasteiger charge is 2.25. The second-order valence-electron chi connectivity index (χ2n) is 5.39. The maximum Gasteiger partial charge on any atom is 0.236 e. The summed E-state index contributed by atoms with van der Waals surface area (Å²) in [6, 6.07) is 9.34. The van der Waals surface area contributed by atoms with Crippen molar-refractivity contribution in [2.45, 2.75) is 6.92 Å². The van der Waals surface area contributed by atoms with Gasteiger partial charge in [-0.1, -0.05) is 30.3 Å². The first-order valence-electron chi connectivity index (χ1n) is 7.73. The third-order valence-corrected chi connectivity index (χ3v) is 5.23. The molecule has 0 spiro atoms. The van der Waals surface area contributed by atoms with Crippen LogP contribution in [-0.2, 0) is 14.8 Å². The summed E-state index contributed by atoms with van der Waals surface area (Å²) in [5.41, 5.74) is 0.853. The number of amides is 1. The Balaban J connectivity index is 1.88. The lowest BCUT2D eigenvalue weighted by Crippen LogP contribution is -2.50. The second kappa shape index (κ2) is 8.24. The average molecular weight is 337 g/mol. The van der Waals surface area contributed by atoms with Gasteiger partial charge in [0, 0.05) is 38.1 Å². The number of carbonyl (C=O) groups is 1. The maximum absolute atomic E-state index is 12.3. The molecular weight excluding hydrogens is 314 g/mol. The Bertz CT molecular complexity index is 636. The van der Waals surface area contributed by atoms with Crippen molar-refractivity contribution in [1.82, 2.24) is 14.5 Å². The molecule has 0 bridgehead atoms. The number of hydrogen-bond donors (Lipinski definition) is 1. The fourth-order valence-electron chi connectivity index (χ4n) is 2.41. The third kappa shape index (κ3) is 5.46. The molecule has 2 rings (SSSR count). The summed E-state index contributed by atoms with van der Waals surface area (Å²) >= 11 is 0. The SMILES string of the molecule is CCNC(=O)CN1CCN(S(=O)(=O)/C=C/c2ccccc2)CC1. The van der Waals surface area contributed by atoms with Crippen molar-refractivity contribution >= 4 is 22.0 Å². The van der Waals surface area contributed by atoms with Crippen molar-refractivity contribution in [3.05, 3.63) is 41.3 Å². The van der Waals surface area contributed by atoms with Crippen LogP contribution in [0, 0.1) is 0 Å². The fraction of sp³-hybridized carbons (Fsp3) is 0.438. The highest BCUT2D eigenvalue weighted by molar-refractivity contribution is 7.92. The molecule has 0 saturated carbocycles. The number of sulfonamides is 1. The summed E-state index contributed by atoms with van der Waals surface area (Å²) in [6.07, 6.45) is 1.61. The normalized spacial score (nSPS) is 17.4. The predicted octanol–water partition coefficient (Wildman–Crippen LogP) is 0.741. The van der Waals surface area contributed by atoms with Crippen molar-refractivity contribution < 1.29 is 13.2 Å². The molecule has 1 heterocycles. The van der Waals surface area contributed by atoms with Gasteiger partial charge in [-0.05, 0) is 18.6 Å². The number of nitrogens with zero attached hydrogens (tertiary/aromatic N) is 2. The van der Waals surface area contributed by atoms with Crippen LogP contribution in [0.2, 0.25) is 0 Å². The molecule has 23 heavy (non-hydrogen) atoms. The van der Waals surface area contributed by atoms with Crippen molar-refractivity contribution in [1.29, 1.82) is 0 Å². The number of likely N-dealkylation sites (N-methyl/N-ethyl adjacent to an activating group) is 1. The van der Waals surface area contributed by atoms with E-state index in [1.54, 1.807) is 6.08 Å². The highest BCUT2D eigenvalue weighted by Crippen LogP contribution is 2.11. The summed E-state index contributed by atoms with van der Waals surface area (Å²) in [5.74, 6) is -0.0206.